The van der Waals surface area contributed by atoms with E-state index in [1.54, 1.807) is 0 Å². The first-order valence-electron chi connectivity index (χ1n) is 6.21. The molecular formula is C12H13ClO6. The van der Waals surface area contributed by atoms with Gasteiger partial charge in [0, 0.05) is 11.8 Å². The summed E-state index contributed by atoms with van der Waals surface area (Å²) in [5.41, 5.74) is 0. The van der Waals surface area contributed by atoms with Gasteiger partial charge >= 0.3 is 17.9 Å². The van der Waals surface area contributed by atoms with Crippen molar-refractivity contribution in [1.29, 1.82) is 0 Å². The summed E-state index contributed by atoms with van der Waals surface area (Å²) in [5, 5.41) is 0. The molecule has 3 fully saturated rings. The lowest BCUT2D eigenvalue weighted by Gasteiger charge is -2.25. The average Bonchev–Trinajstić information content (AvgIpc) is 3.00. The van der Waals surface area contributed by atoms with Crippen LogP contribution in [0.25, 0.3) is 0 Å². The largest absolute Gasteiger partial charge is 0.458 e. The van der Waals surface area contributed by atoms with E-state index in [0.717, 1.165) is 12.8 Å². The minimum absolute atomic E-state index is 0.0148. The second-order valence-corrected chi connectivity index (χ2v) is 5.42. The number of rotatable bonds is 4. The smallest absolute Gasteiger partial charge is 0.344 e. The van der Waals surface area contributed by atoms with E-state index in [1.165, 1.54) is 0 Å². The Morgan fingerprint density at radius 3 is 2.84 bits per heavy atom. The number of esters is 3. The van der Waals surface area contributed by atoms with Crippen LogP contribution in [0.5, 0.6) is 0 Å². The Kier molecular flexibility index (Phi) is 3.12. The Hall–Kier alpha value is -1.30. The zero-order valence-electron chi connectivity index (χ0n) is 10.0. The van der Waals surface area contributed by atoms with Gasteiger partial charge in [0.05, 0.1) is 5.92 Å². The fourth-order valence-electron chi connectivity index (χ4n) is 3.43. The SMILES string of the molecule is O=C(CCl)OCC(=O)O[C@@H]1C2CC3C(=O)OC1C3C2. The normalized spacial score (nSPS) is 38.2. The van der Waals surface area contributed by atoms with Crippen LogP contribution in [0.15, 0.2) is 0 Å². The minimum Gasteiger partial charge on any atom is -0.458 e. The highest BCUT2D eigenvalue weighted by molar-refractivity contribution is 6.26. The lowest BCUT2D eigenvalue weighted by atomic mass is 9.88. The van der Waals surface area contributed by atoms with Gasteiger partial charge in [-0.1, -0.05) is 0 Å². The van der Waals surface area contributed by atoms with Gasteiger partial charge < -0.3 is 14.2 Å². The topological polar surface area (TPSA) is 78.9 Å². The Balaban J connectivity index is 1.55. The number of ether oxygens (including phenoxy) is 3. The van der Waals surface area contributed by atoms with E-state index in [1.807, 2.05) is 0 Å². The molecule has 0 N–H and O–H groups in total. The molecule has 6 nitrogen and oxygen atoms in total. The number of hydrogen-bond donors (Lipinski definition) is 0. The molecule has 0 aromatic carbocycles. The standard InChI is InChI=1S/C12H13ClO6/c13-3-8(14)17-4-9(15)18-10-5-1-6-7(2-5)12(16)19-11(6)10/h5-7,10-11H,1-4H2/t5?,6?,7?,10-,11?/m1/s1. The maximum Gasteiger partial charge on any atom is 0.344 e. The molecule has 0 aromatic rings. The van der Waals surface area contributed by atoms with Crippen molar-refractivity contribution in [3.63, 3.8) is 0 Å². The molecule has 7 heteroatoms. The molecule has 19 heavy (non-hydrogen) atoms. The minimum atomic E-state index is -0.668. The predicted octanol–water partition coefficient (Wildman–Crippen LogP) is 0.262. The third kappa shape index (κ3) is 2.08. The van der Waals surface area contributed by atoms with E-state index in [9.17, 15) is 14.4 Å². The third-order valence-electron chi connectivity index (χ3n) is 4.14. The van der Waals surface area contributed by atoms with Crippen LogP contribution in [0.1, 0.15) is 12.8 Å². The molecule has 0 radical (unpaired) electrons. The summed E-state index contributed by atoms with van der Waals surface area (Å²) in [6.45, 7) is -0.455. The van der Waals surface area contributed by atoms with Crippen molar-refractivity contribution >= 4 is 29.5 Å². The molecule has 1 aliphatic heterocycles. The highest BCUT2D eigenvalue weighted by Crippen LogP contribution is 2.55. The number of carbonyl (C=O) groups is 3. The molecule has 2 saturated carbocycles. The van der Waals surface area contributed by atoms with Crippen molar-refractivity contribution in [2.45, 2.75) is 25.0 Å². The van der Waals surface area contributed by atoms with E-state index >= 15 is 0 Å². The van der Waals surface area contributed by atoms with Crippen LogP contribution in [0.3, 0.4) is 0 Å². The first-order valence-corrected chi connectivity index (χ1v) is 6.75. The quantitative estimate of drug-likeness (QED) is 0.419. The van der Waals surface area contributed by atoms with Gasteiger partial charge in [-0.15, -0.1) is 11.6 Å². The molecule has 0 spiro atoms. The molecule has 1 saturated heterocycles. The van der Waals surface area contributed by atoms with E-state index in [2.05, 4.69) is 4.74 Å². The van der Waals surface area contributed by atoms with Gasteiger partial charge in [0.1, 0.15) is 18.1 Å². The van der Waals surface area contributed by atoms with Crippen molar-refractivity contribution in [2.24, 2.45) is 17.8 Å². The monoisotopic (exact) mass is 288 g/mol. The molecule has 104 valence electrons. The van der Waals surface area contributed by atoms with Crippen LogP contribution in [0.2, 0.25) is 0 Å². The zero-order chi connectivity index (χ0) is 13.6. The van der Waals surface area contributed by atoms with Gasteiger partial charge in [0.15, 0.2) is 6.61 Å². The molecule has 5 atom stereocenters. The summed E-state index contributed by atoms with van der Waals surface area (Å²) in [4.78, 5) is 33.9. The third-order valence-corrected chi connectivity index (χ3v) is 4.36. The summed E-state index contributed by atoms with van der Waals surface area (Å²) >= 11 is 5.24. The Bertz CT molecular complexity index is 436. The number of halogens is 1. The predicted molar refractivity (Wildman–Crippen MR) is 61.1 cm³/mol. The summed E-state index contributed by atoms with van der Waals surface area (Å²) in [5.74, 6) is -1.43. The van der Waals surface area contributed by atoms with Crippen LogP contribution in [0.4, 0.5) is 0 Å². The van der Waals surface area contributed by atoms with Crippen molar-refractivity contribution < 1.29 is 28.6 Å². The first kappa shape index (κ1) is 12.7. The van der Waals surface area contributed by atoms with E-state index in [4.69, 9.17) is 21.1 Å². The molecular weight excluding hydrogens is 276 g/mol. The molecule has 3 rings (SSSR count). The lowest BCUT2D eigenvalue weighted by molar-refractivity contribution is -0.169. The van der Waals surface area contributed by atoms with Crippen LogP contribution >= 0.6 is 11.6 Å². The van der Waals surface area contributed by atoms with Gasteiger partial charge in [0.25, 0.3) is 0 Å². The van der Waals surface area contributed by atoms with Gasteiger partial charge in [-0.25, -0.2) is 4.79 Å². The van der Waals surface area contributed by atoms with Gasteiger partial charge in [-0.05, 0) is 12.8 Å². The van der Waals surface area contributed by atoms with Crippen LogP contribution < -0.4 is 0 Å². The van der Waals surface area contributed by atoms with Gasteiger partial charge in [-0.3, -0.25) is 9.59 Å². The summed E-state index contributed by atoms with van der Waals surface area (Å²) in [7, 11) is 0. The van der Waals surface area contributed by atoms with Crippen molar-refractivity contribution in [1.82, 2.24) is 0 Å². The summed E-state index contributed by atoms with van der Waals surface area (Å²) in [6, 6.07) is 0. The Morgan fingerprint density at radius 1 is 1.32 bits per heavy atom. The number of alkyl halides is 1. The van der Waals surface area contributed by atoms with E-state index < -0.39 is 24.6 Å². The van der Waals surface area contributed by atoms with Crippen LogP contribution in [-0.4, -0.2) is 42.6 Å². The first-order chi connectivity index (χ1) is 9.10. The molecule has 2 bridgehead atoms. The highest BCUT2D eigenvalue weighted by atomic mass is 35.5. The Morgan fingerprint density at radius 2 is 2.11 bits per heavy atom. The van der Waals surface area contributed by atoms with E-state index in [0.29, 0.717) is 0 Å². The number of fused-ring (bicyclic) bond motifs is 1. The van der Waals surface area contributed by atoms with Crippen LogP contribution in [-0.2, 0) is 28.6 Å². The summed E-state index contributed by atoms with van der Waals surface area (Å²) in [6.07, 6.45) is 0.874. The lowest BCUT2D eigenvalue weighted by Crippen LogP contribution is -2.37. The maximum absolute atomic E-state index is 11.6. The van der Waals surface area contributed by atoms with Gasteiger partial charge in [-0.2, -0.15) is 0 Å². The molecule has 1 heterocycles. The number of carbonyl (C=O) groups excluding carboxylic acids is 3. The van der Waals surface area contributed by atoms with Crippen molar-refractivity contribution in [3.05, 3.63) is 0 Å². The fourth-order valence-corrected chi connectivity index (χ4v) is 3.51. The van der Waals surface area contributed by atoms with E-state index in [-0.39, 0.29) is 35.7 Å². The molecule has 0 amide bonds. The number of hydrogen-bond acceptors (Lipinski definition) is 6. The molecule has 0 aromatic heterocycles. The highest BCUT2D eigenvalue weighted by Gasteiger charge is 2.63. The molecule has 2 aliphatic carbocycles. The van der Waals surface area contributed by atoms with Crippen molar-refractivity contribution in [3.8, 4) is 0 Å². The molecule has 3 aliphatic rings. The summed E-state index contributed by atoms with van der Waals surface area (Å²) < 4.78 is 15.1. The van der Waals surface area contributed by atoms with Gasteiger partial charge in [0.2, 0.25) is 0 Å². The van der Waals surface area contributed by atoms with Crippen molar-refractivity contribution in [2.75, 3.05) is 12.5 Å². The fraction of sp³-hybridized carbons (Fsp3) is 0.750. The second-order valence-electron chi connectivity index (χ2n) is 5.15. The maximum atomic E-state index is 11.6. The zero-order valence-corrected chi connectivity index (χ0v) is 10.8. The Labute approximate surface area is 114 Å². The van der Waals surface area contributed by atoms with Crippen LogP contribution in [0, 0.1) is 17.8 Å². The average molecular weight is 289 g/mol. The molecule has 4 unspecified atom stereocenters. The second kappa shape index (κ2) is 4.67.